The smallest absolute Gasteiger partial charge is 0.255 e. The van der Waals surface area contributed by atoms with Crippen LogP contribution >= 0.6 is 15.9 Å². The molecule has 0 N–H and O–H groups in total. The van der Waals surface area contributed by atoms with E-state index in [1.165, 1.54) is 0 Å². The van der Waals surface area contributed by atoms with Crippen LogP contribution in [0.25, 0.3) is 0 Å². The first-order valence-electron chi connectivity index (χ1n) is 6.38. The summed E-state index contributed by atoms with van der Waals surface area (Å²) in [7, 11) is 0. The van der Waals surface area contributed by atoms with Crippen LogP contribution in [0.4, 0.5) is 0 Å². The molecule has 0 saturated heterocycles. The summed E-state index contributed by atoms with van der Waals surface area (Å²) < 4.78 is 0.839. The Morgan fingerprint density at radius 2 is 2.16 bits per heavy atom. The Morgan fingerprint density at radius 1 is 1.47 bits per heavy atom. The normalized spacial score (nSPS) is 10.3. The summed E-state index contributed by atoms with van der Waals surface area (Å²) in [6.07, 6.45) is 0.363. The van der Waals surface area contributed by atoms with Crippen molar-refractivity contribution in [1.82, 2.24) is 4.90 Å². The van der Waals surface area contributed by atoms with Crippen LogP contribution in [-0.4, -0.2) is 23.9 Å². The Bertz CT molecular complexity index is 491. The van der Waals surface area contributed by atoms with Crippen molar-refractivity contribution < 1.29 is 4.79 Å². The highest BCUT2D eigenvalue weighted by molar-refractivity contribution is 9.10. The zero-order valence-electron chi connectivity index (χ0n) is 11.6. The molecule has 4 heteroatoms. The molecule has 102 valence electrons. The Kier molecular flexibility index (Phi) is 6.04. The van der Waals surface area contributed by atoms with Crippen LogP contribution in [0.15, 0.2) is 22.7 Å². The molecule has 0 aromatic heterocycles. The van der Waals surface area contributed by atoms with Crippen molar-refractivity contribution >= 4 is 21.8 Å². The fourth-order valence-corrected chi connectivity index (χ4v) is 2.32. The fourth-order valence-electron chi connectivity index (χ4n) is 1.88. The zero-order valence-corrected chi connectivity index (χ0v) is 13.2. The van der Waals surface area contributed by atoms with Crippen LogP contribution in [0.3, 0.4) is 0 Å². The molecule has 0 unspecified atom stereocenters. The van der Waals surface area contributed by atoms with Gasteiger partial charge in [0.2, 0.25) is 0 Å². The van der Waals surface area contributed by atoms with Crippen molar-refractivity contribution in [3.05, 3.63) is 33.8 Å². The second-order valence-electron chi connectivity index (χ2n) is 4.99. The van der Waals surface area contributed by atoms with Gasteiger partial charge < -0.3 is 4.90 Å². The van der Waals surface area contributed by atoms with Crippen LogP contribution < -0.4 is 0 Å². The van der Waals surface area contributed by atoms with E-state index < -0.39 is 0 Å². The highest BCUT2D eigenvalue weighted by Crippen LogP contribution is 2.22. The van der Waals surface area contributed by atoms with Crippen molar-refractivity contribution in [1.29, 1.82) is 5.26 Å². The Labute approximate surface area is 123 Å². The summed E-state index contributed by atoms with van der Waals surface area (Å²) in [6.45, 7) is 7.24. The van der Waals surface area contributed by atoms with E-state index in [0.29, 0.717) is 31.0 Å². The molecule has 0 aliphatic carbocycles. The molecule has 0 aliphatic heterocycles. The van der Waals surface area contributed by atoms with Crippen LogP contribution in [0, 0.1) is 24.2 Å². The molecular weight excluding hydrogens is 304 g/mol. The minimum absolute atomic E-state index is 0.0143. The maximum absolute atomic E-state index is 12.5. The molecule has 3 nitrogen and oxygen atoms in total. The monoisotopic (exact) mass is 322 g/mol. The van der Waals surface area contributed by atoms with Gasteiger partial charge in [0.15, 0.2) is 0 Å². The third kappa shape index (κ3) is 4.36. The van der Waals surface area contributed by atoms with E-state index >= 15 is 0 Å². The Balaban J connectivity index is 2.98. The maximum atomic E-state index is 12.5. The van der Waals surface area contributed by atoms with Gasteiger partial charge in [-0.1, -0.05) is 26.0 Å². The predicted molar refractivity (Wildman–Crippen MR) is 79.9 cm³/mol. The van der Waals surface area contributed by atoms with Gasteiger partial charge in [-0.2, -0.15) is 5.26 Å². The van der Waals surface area contributed by atoms with Gasteiger partial charge in [0.1, 0.15) is 0 Å². The number of carbonyl (C=O) groups excluding carboxylic acids is 1. The van der Waals surface area contributed by atoms with Crippen LogP contribution in [0.5, 0.6) is 0 Å². The molecule has 1 aromatic carbocycles. The Hall–Kier alpha value is -1.34. The lowest BCUT2D eigenvalue weighted by atomic mass is 10.1. The third-order valence-electron chi connectivity index (χ3n) is 2.79. The summed E-state index contributed by atoms with van der Waals surface area (Å²) in [6, 6.07) is 7.76. The van der Waals surface area contributed by atoms with Gasteiger partial charge in [-0.25, -0.2) is 0 Å². The highest BCUT2D eigenvalue weighted by atomic mass is 79.9. The molecule has 19 heavy (non-hydrogen) atoms. The number of benzene rings is 1. The van der Waals surface area contributed by atoms with Gasteiger partial charge in [-0.3, -0.25) is 4.79 Å². The average molecular weight is 323 g/mol. The summed E-state index contributed by atoms with van der Waals surface area (Å²) in [5, 5.41) is 8.70. The van der Waals surface area contributed by atoms with E-state index in [2.05, 4.69) is 35.8 Å². The molecule has 0 heterocycles. The molecule has 0 bridgehead atoms. The summed E-state index contributed by atoms with van der Waals surface area (Å²) in [5.74, 6) is 0.366. The predicted octanol–water partition coefficient (Wildman–Crippen LogP) is 3.77. The molecule has 1 amide bonds. The molecular formula is C15H19BrN2O. The summed E-state index contributed by atoms with van der Waals surface area (Å²) in [5.41, 5.74) is 1.70. The lowest BCUT2D eigenvalue weighted by Crippen LogP contribution is -2.35. The largest absolute Gasteiger partial charge is 0.337 e. The Morgan fingerprint density at radius 3 is 2.74 bits per heavy atom. The molecule has 1 rings (SSSR count). The van der Waals surface area contributed by atoms with E-state index in [0.717, 1.165) is 10.0 Å². The fraction of sp³-hybridized carbons (Fsp3) is 0.467. The molecule has 0 fully saturated rings. The minimum atomic E-state index is -0.0143. The first kappa shape index (κ1) is 15.7. The topological polar surface area (TPSA) is 44.1 Å². The van der Waals surface area contributed by atoms with Crippen molar-refractivity contribution in [3.8, 4) is 6.07 Å². The standard InChI is InChI=1S/C15H19BrN2O/c1-11(2)10-18(9-5-8-17)15(19)13-7-4-6-12(3)14(13)16/h4,6-7,11H,5,9-10H2,1-3H3. The molecule has 0 saturated carbocycles. The number of hydrogen-bond acceptors (Lipinski definition) is 2. The number of aryl methyl sites for hydroxylation is 1. The molecule has 0 radical (unpaired) electrons. The number of amides is 1. The number of rotatable bonds is 5. The quantitative estimate of drug-likeness (QED) is 0.828. The number of halogens is 1. The van der Waals surface area contributed by atoms with Gasteiger partial charge >= 0.3 is 0 Å². The van der Waals surface area contributed by atoms with Gasteiger partial charge in [-0.15, -0.1) is 0 Å². The van der Waals surface area contributed by atoms with Gasteiger partial charge in [0, 0.05) is 17.6 Å². The van der Waals surface area contributed by atoms with E-state index in [4.69, 9.17) is 5.26 Å². The first-order valence-corrected chi connectivity index (χ1v) is 7.18. The second-order valence-corrected chi connectivity index (χ2v) is 5.78. The van der Waals surface area contributed by atoms with E-state index in [1.54, 1.807) is 4.90 Å². The van der Waals surface area contributed by atoms with Crippen LogP contribution in [-0.2, 0) is 0 Å². The molecule has 0 atom stereocenters. The third-order valence-corrected chi connectivity index (χ3v) is 3.84. The van der Waals surface area contributed by atoms with E-state index in [9.17, 15) is 4.79 Å². The van der Waals surface area contributed by atoms with Gasteiger partial charge in [-0.05, 0) is 40.4 Å². The molecule has 0 spiro atoms. The van der Waals surface area contributed by atoms with E-state index in [1.807, 2.05) is 25.1 Å². The lowest BCUT2D eigenvalue weighted by molar-refractivity contribution is 0.0739. The van der Waals surface area contributed by atoms with Crippen LogP contribution in [0.1, 0.15) is 36.2 Å². The second kappa shape index (κ2) is 7.30. The summed E-state index contributed by atoms with van der Waals surface area (Å²) in [4.78, 5) is 14.3. The SMILES string of the molecule is Cc1cccc(C(=O)N(CCC#N)CC(C)C)c1Br. The molecule has 0 aliphatic rings. The number of hydrogen-bond donors (Lipinski definition) is 0. The maximum Gasteiger partial charge on any atom is 0.255 e. The van der Waals surface area contributed by atoms with Crippen molar-refractivity contribution in [2.75, 3.05) is 13.1 Å². The number of nitrogens with zero attached hydrogens (tertiary/aromatic N) is 2. The lowest BCUT2D eigenvalue weighted by Gasteiger charge is -2.24. The summed E-state index contributed by atoms with van der Waals surface area (Å²) >= 11 is 3.47. The average Bonchev–Trinajstić information content (AvgIpc) is 2.36. The highest BCUT2D eigenvalue weighted by Gasteiger charge is 2.19. The zero-order chi connectivity index (χ0) is 14.4. The van der Waals surface area contributed by atoms with Gasteiger partial charge in [0.05, 0.1) is 18.1 Å². The first-order chi connectivity index (χ1) is 8.97. The van der Waals surface area contributed by atoms with Crippen LogP contribution in [0.2, 0.25) is 0 Å². The van der Waals surface area contributed by atoms with E-state index in [-0.39, 0.29) is 5.91 Å². The van der Waals surface area contributed by atoms with Gasteiger partial charge in [0.25, 0.3) is 5.91 Å². The molecule has 1 aromatic rings. The van der Waals surface area contributed by atoms with Crippen molar-refractivity contribution in [2.45, 2.75) is 27.2 Å². The number of carbonyl (C=O) groups is 1. The minimum Gasteiger partial charge on any atom is -0.337 e. The van der Waals surface area contributed by atoms with Crippen molar-refractivity contribution in [3.63, 3.8) is 0 Å². The van der Waals surface area contributed by atoms with Crippen molar-refractivity contribution in [2.24, 2.45) is 5.92 Å². The number of nitriles is 1.